The summed E-state index contributed by atoms with van der Waals surface area (Å²) in [7, 11) is 0. The predicted molar refractivity (Wildman–Crippen MR) is 104 cm³/mol. The van der Waals surface area contributed by atoms with Crippen molar-refractivity contribution < 1.29 is 14.0 Å². The number of amides is 2. The Morgan fingerprint density at radius 1 is 1.15 bits per heavy atom. The maximum absolute atomic E-state index is 12.9. The summed E-state index contributed by atoms with van der Waals surface area (Å²) in [6, 6.07) is 13.5. The highest BCUT2D eigenvalue weighted by atomic mass is 79.9. The number of halogens is 2. The van der Waals surface area contributed by atoms with E-state index in [1.165, 1.54) is 23.1 Å². The zero-order valence-corrected chi connectivity index (χ0v) is 16.0. The third-order valence-electron chi connectivity index (χ3n) is 3.74. The topological polar surface area (TPSA) is 49.4 Å². The molecule has 2 amide bonds. The van der Waals surface area contributed by atoms with Gasteiger partial charge in [0.15, 0.2) is 0 Å². The lowest BCUT2D eigenvalue weighted by atomic mass is 10.2. The molecule has 26 heavy (non-hydrogen) atoms. The summed E-state index contributed by atoms with van der Waals surface area (Å²) in [5.74, 6) is -0.821. The summed E-state index contributed by atoms with van der Waals surface area (Å²) in [6.07, 6.45) is 3.17. The van der Waals surface area contributed by atoms with Crippen molar-refractivity contribution in [2.24, 2.45) is 0 Å². The first kappa shape index (κ1) is 19.8. The van der Waals surface area contributed by atoms with Crippen LogP contribution in [0.5, 0.6) is 0 Å². The van der Waals surface area contributed by atoms with Gasteiger partial charge in [0.25, 0.3) is 0 Å². The van der Waals surface area contributed by atoms with Gasteiger partial charge in [-0.05, 0) is 42.3 Å². The number of rotatable bonds is 7. The molecule has 0 saturated carbocycles. The van der Waals surface area contributed by atoms with Gasteiger partial charge < -0.3 is 10.2 Å². The molecular formula is C20H20BrFN2O2. The molecule has 6 heteroatoms. The van der Waals surface area contributed by atoms with Gasteiger partial charge >= 0.3 is 0 Å². The van der Waals surface area contributed by atoms with E-state index in [1.54, 1.807) is 18.2 Å². The lowest BCUT2D eigenvalue weighted by Crippen LogP contribution is -2.39. The first-order valence-corrected chi connectivity index (χ1v) is 9.01. The molecule has 0 aromatic heterocycles. The van der Waals surface area contributed by atoms with Crippen molar-refractivity contribution in [3.63, 3.8) is 0 Å². The zero-order valence-electron chi connectivity index (χ0n) is 14.4. The van der Waals surface area contributed by atoms with Crippen molar-refractivity contribution in [2.45, 2.75) is 13.5 Å². The van der Waals surface area contributed by atoms with Crippen molar-refractivity contribution in [1.29, 1.82) is 0 Å². The predicted octanol–water partition coefficient (Wildman–Crippen LogP) is 3.77. The SMILES string of the molecule is CCN(CC(=O)NCc1ccc(F)cc1)C(=O)/C=C/c1ccccc1Br. The van der Waals surface area contributed by atoms with Gasteiger partial charge in [0, 0.05) is 23.6 Å². The van der Waals surface area contributed by atoms with Crippen LogP contribution in [0.3, 0.4) is 0 Å². The van der Waals surface area contributed by atoms with E-state index >= 15 is 0 Å². The Balaban J connectivity index is 1.88. The van der Waals surface area contributed by atoms with Gasteiger partial charge in [0.2, 0.25) is 11.8 Å². The number of nitrogens with one attached hydrogen (secondary N) is 1. The van der Waals surface area contributed by atoms with E-state index in [9.17, 15) is 14.0 Å². The van der Waals surface area contributed by atoms with Crippen molar-refractivity contribution >= 4 is 33.8 Å². The molecule has 2 aromatic carbocycles. The Bertz CT molecular complexity index is 791. The van der Waals surface area contributed by atoms with E-state index in [0.717, 1.165) is 15.6 Å². The van der Waals surface area contributed by atoms with Crippen LogP contribution >= 0.6 is 15.9 Å². The van der Waals surface area contributed by atoms with E-state index in [-0.39, 0.29) is 30.7 Å². The maximum atomic E-state index is 12.9. The van der Waals surface area contributed by atoms with Crippen molar-refractivity contribution in [3.8, 4) is 0 Å². The average molecular weight is 419 g/mol. The summed E-state index contributed by atoms with van der Waals surface area (Å²) >= 11 is 3.42. The van der Waals surface area contributed by atoms with Crippen LogP contribution in [0.4, 0.5) is 4.39 Å². The highest BCUT2D eigenvalue weighted by Crippen LogP contribution is 2.17. The molecular weight excluding hydrogens is 399 g/mol. The molecule has 0 aliphatic rings. The Morgan fingerprint density at radius 2 is 1.85 bits per heavy atom. The Hall–Kier alpha value is -2.47. The van der Waals surface area contributed by atoms with Crippen molar-refractivity contribution in [2.75, 3.05) is 13.1 Å². The van der Waals surface area contributed by atoms with Gasteiger partial charge in [-0.3, -0.25) is 9.59 Å². The lowest BCUT2D eigenvalue weighted by molar-refractivity contribution is -0.132. The molecule has 0 bridgehead atoms. The smallest absolute Gasteiger partial charge is 0.247 e. The van der Waals surface area contributed by atoms with Gasteiger partial charge in [0.1, 0.15) is 5.82 Å². The third-order valence-corrected chi connectivity index (χ3v) is 4.46. The number of carbonyl (C=O) groups is 2. The second kappa shape index (κ2) is 9.87. The Kier molecular flexibility index (Phi) is 7.53. The van der Waals surface area contributed by atoms with Crippen LogP contribution in [0.25, 0.3) is 6.08 Å². The number of hydrogen-bond donors (Lipinski definition) is 1. The van der Waals surface area contributed by atoms with Crippen LogP contribution in [0.15, 0.2) is 59.1 Å². The fourth-order valence-corrected chi connectivity index (χ4v) is 2.67. The molecule has 0 saturated heterocycles. The molecule has 4 nitrogen and oxygen atoms in total. The average Bonchev–Trinajstić information content (AvgIpc) is 2.64. The third kappa shape index (κ3) is 6.11. The van der Waals surface area contributed by atoms with Gasteiger partial charge in [-0.25, -0.2) is 4.39 Å². The molecule has 0 unspecified atom stereocenters. The Morgan fingerprint density at radius 3 is 2.50 bits per heavy atom. The monoisotopic (exact) mass is 418 g/mol. The highest BCUT2D eigenvalue weighted by Gasteiger charge is 2.13. The quantitative estimate of drug-likeness (QED) is 0.695. The minimum absolute atomic E-state index is 0.0309. The minimum Gasteiger partial charge on any atom is -0.350 e. The summed E-state index contributed by atoms with van der Waals surface area (Å²) in [5.41, 5.74) is 1.68. The molecule has 0 aliphatic heterocycles. The second-order valence-corrected chi connectivity index (χ2v) is 6.46. The van der Waals surface area contributed by atoms with Gasteiger partial charge in [0.05, 0.1) is 6.54 Å². The molecule has 0 fully saturated rings. The molecule has 0 radical (unpaired) electrons. The molecule has 0 spiro atoms. The minimum atomic E-state index is -0.320. The van der Waals surface area contributed by atoms with E-state index in [2.05, 4.69) is 21.2 Å². The van der Waals surface area contributed by atoms with Gasteiger partial charge in [-0.1, -0.05) is 46.3 Å². The molecule has 0 aliphatic carbocycles. The van der Waals surface area contributed by atoms with Crippen molar-refractivity contribution in [1.82, 2.24) is 10.2 Å². The van der Waals surface area contributed by atoms with Crippen LogP contribution in [0, 0.1) is 5.82 Å². The maximum Gasteiger partial charge on any atom is 0.247 e. The van der Waals surface area contributed by atoms with E-state index < -0.39 is 0 Å². The van der Waals surface area contributed by atoms with Crippen LogP contribution in [0.2, 0.25) is 0 Å². The van der Waals surface area contributed by atoms with Gasteiger partial charge in [-0.2, -0.15) is 0 Å². The van der Waals surface area contributed by atoms with E-state index in [1.807, 2.05) is 31.2 Å². The molecule has 136 valence electrons. The molecule has 1 N–H and O–H groups in total. The first-order chi connectivity index (χ1) is 12.5. The largest absolute Gasteiger partial charge is 0.350 e. The van der Waals surface area contributed by atoms with Gasteiger partial charge in [-0.15, -0.1) is 0 Å². The van der Waals surface area contributed by atoms with Crippen LogP contribution in [-0.2, 0) is 16.1 Å². The molecule has 0 atom stereocenters. The summed E-state index contributed by atoms with van der Waals surface area (Å²) < 4.78 is 13.8. The molecule has 2 rings (SSSR count). The van der Waals surface area contributed by atoms with Crippen LogP contribution in [-0.4, -0.2) is 29.8 Å². The number of benzene rings is 2. The number of carbonyl (C=O) groups excluding carboxylic acids is 2. The number of hydrogen-bond acceptors (Lipinski definition) is 2. The number of nitrogens with zero attached hydrogens (tertiary/aromatic N) is 1. The number of likely N-dealkylation sites (N-methyl/N-ethyl adjacent to an activating group) is 1. The summed E-state index contributed by atoms with van der Waals surface area (Å²) in [6.45, 7) is 2.50. The van der Waals surface area contributed by atoms with Crippen molar-refractivity contribution in [3.05, 3.63) is 76.0 Å². The molecule has 0 heterocycles. The van der Waals surface area contributed by atoms with E-state index in [4.69, 9.17) is 0 Å². The highest BCUT2D eigenvalue weighted by molar-refractivity contribution is 9.10. The standard InChI is InChI=1S/C20H20BrFN2O2/c1-2-24(20(26)12-9-16-5-3-4-6-18(16)21)14-19(25)23-13-15-7-10-17(22)11-8-15/h3-12H,2,13-14H2,1H3,(H,23,25)/b12-9+. The lowest BCUT2D eigenvalue weighted by Gasteiger charge is -2.18. The summed E-state index contributed by atoms with van der Waals surface area (Å²) in [5, 5.41) is 2.73. The summed E-state index contributed by atoms with van der Waals surface area (Å²) in [4.78, 5) is 25.8. The Labute approximate surface area is 160 Å². The zero-order chi connectivity index (χ0) is 18.9. The molecule has 2 aromatic rings. The fourth-order valence-electron chi connectivity index (χ4n) is 2.25. The van der Waals surface area contributed by atoms with Crippen LogP contribution < -0.4 is 5.32 Å². The normalized spacial score (nSPS) is 10.7. The second-order valence-electron chi connectivity index (χ2n) is 5.61. The van der Waals surface area contributed by atoms with Crippen LogP contribution in [0.1, 0.15) is 18.1 Å². The fraction of sp³-hybridized carbons (Fsp3) is 0.200. The first-order valence-electron chi connectivity index (χ1n) is 8.22. The van der Waals surface area contributed by atoms with E-state index in [0.29, 0.717) is 6.54 Å².